The SMILES string of the molecule is C=Cc1ccc(N(c2ccccc2)c2ccc3c(c2)C(C)(C)c2cc(-c4ccc5c(c4)C(C)(C)c4cc(-c6ccc7c(c6)C(C)(C)c6cc(N(c8ccccc8)c8ccc(C=C)cc8)ccc6-7)ccc4-5)ccc2-3)cc1. The lowest BCUT2D eigenvalue weighted by atomic mass is 9.79. The summed E-state index contributed by atoms with van der Waals surface area (Å²) in [6, 6.07) is 81.4. The lowest BCUT2D eigenvalue weighted by molar-refractivity contribution is 0.659. The van der Waals surface area contributed by atoms with Crippen molar-refractivity contribution in [3.05, 3.63) is 276 Å². The summed E-state index contributed by atoms with van der Waals surface area (Å²) < 4.78 is 0. The van der Waals surface area contributed by atoms with E-state index in [2.05, 4.69) is 283 Å². The molecule has 0 amide bonds. The first-order valence-corrected chi connectivity index (χ1v) is 26.4. The summed E-state index contributed by atoms with van der Waals surface area (Å²) in [5, 5.41) is 0. The highest BCUT2D eigenvalue weighted by molar-refractivity contribution is 5.91. The Bertz CT molecular complexity index is 3670. The van der Waals surface area contributed by atoms with Crippen molar-refractivity contribution in [1.82, 2.24) is 0 Å². The minimum atomic E-state index is -0.199. The zero-order valence-electron chi connectivity index (χ0n) is 43.7. The van der Waals surface area contributed by atoms with Crippen molar-refractivity contribution in [3.63, 3.8) is 0 Å². The van der Waals surface area contributed by atoms with Crippen LogP contribution in [0.4, 0.5) is 34.1 Å². The Labute approximate surface area is 443 Å². The predicted molar refractivity (Wildman–Crippen MR) is 320 cm³/mol. The largest absolute Gasteiger partial charge is 0.310 e. The molecule has 0 spiro atoms. The molecule has 0 saturated heterocycles. The Kier molecular flexibility index (Phi) is 10.6. The van der Waals surface area contributed by atoms with E-state index in [0.29, 0.717) is 0 Å². The number of anilines is 6. The minimum Gasteiger partial charge on any atom is -0.310 e. The van der Waals surface area contributed by atoms with Crippen LogP contribution in [-0.4, -0.2) is 0 Å². The molecule has 10 aromatic rings. The highest BCUT2D eigenvalue weighted by atomic mass is 15.1. The van der Waals surface area contributed by atoms with Gasteiger partial charge in [0.25, 0.3) is 0 Å². The van der Waals surface area contributed by atoms with Gasteiger partial charge < -0.3 is 9.80 Å². The number of benzene rings is 10. The van der Waals surface area contributed by atoms with Gasteiger partial charge in [0.15, 0.2) is 0 Å². The fourth-order valence-electron chi connectivity index (χ4n) is 12.8. The van der Waals surface area contributed by atoms with Crippen molar-refractivity contribution in [2.75, 3.05) is 9.80 Å². The molecule has 3 aliphatic carbocycles. The van der Waals surface area contributed by atoms with Gasteiger partial charge in [-0.05, 0) is 197 Å². The number of fused-ring (bicyclic) bond motifs is 9. The normalized spacial score (nSPS) is 14.4. The summed E-state index contributed by atoms with van der Waals surface area (Å²) in [7, 11) is 0. The first kappa shape index (κ1) is 46.1. The van der Waals surface area contributed by atoms with E-state index in [1.165, 1.54) is 89.0 Å². The molecule has 13 rings (SSSR count). The third-order valence-electron chi connectivity index (χ3n) is 17.0. The van der Waals surface area contributed by atoms with Crippen LogP contribution in [0.2, 0.25) is 0 Å². The molecule has 0 atom stereocenters. The van der Waals surface area contributed by atoms with Crippen LogP contribution in [0.5, 0.6) is 0 Å². The van der Waals surface area contributed by atoms with E-state index in [1.807, 2.05) is 12.2 Å². The van der Waals surface area contributed by atoms with Crippen molar-refractivity contribution < 1.29 is 0 Å². The Morgan fingerprint density at radius 2 is 0.507 bits per heavy atom. The highest BCUT2D eigenvalue weighted by Crippen LogP contribution is 2.55. The number of para-hydroxylation sites is 2. The fourth-order valence-corrected chi connectivity index (χ4v) is 12.8. The molecule has 2 heteroatoms. The van der Waals surface area contributed by atoms with Crippen LogP contribution < -0.4 is 9.80 Å². The summed E-state index contributed by atoms with van der Waals surface area (Å²) in [6.07, 6.45) is 3.79. The van der Waals surface area contributed by atoms with Crippen LogP contribution in [-0.2, 0) is 16.2 Å². The average molecular weight is 965 g/mol. The lowest BCUT2D eigenvalue weighted by Gasteiger charge is -2.28. The zero-order chi connectivity index (χ0) is 51.4. The Hall–Kier alpha value is -8.72. The van der Waals surface area contributed by atoms with Crippen LogP contribution in [0, 0.1) is 0 Å². The van der Waals surface area contributed by atoms with E-state index in [-0.39, 0.29) is 16.2 Å². The molecule has 0 aromatic heterocycles. The summed E-state index contributed by atoms with van der Waals surface area (Å²) in [5.74, 6) is 0. The lowest BCUT2D eigenvalue weighted by Crippen LogP contribution is -2.17. The molecule has 3 aliphatic rings. The van der Waals surface area contributed by atoms with Crippen molar-refractivity contribution >= 4 is 46.3 Å². The average Bonchev–Trinajstić information content (AvgIpc) is 3.92. The molecule has 0 heterocycles. The molecule has 0 saturated carbocycles. The van der Waals surface area contributed by atoms with Gasteiger partial charge in [-0.2, -0.15) is 0 Å². The maximum atomic E-state index is 3.98. The third kappa shape index (κ3) is 7.30. The van der Waals surface area contributed by atoms with Crippen LogP contribution in [0.15, 0.2) is 232 Å². The van der Waals surface area contributed by atoms with Gasteiger partial charge in [0.1, 0.15) is 0 Å². The summed E-state index contributed by atoms with van der Waals surface area (Å²) in [6.45, 7) is 22.3. The summed E-state index contributed by atoms with van der Waals surface area (Å²) >= 11 is 0. The minimum absolute atomic E-state index is 0.185. The Balaban J connectivity index is 0.794. The number of rotatable bonds is 10. The van der Waals surface area contributed by atoms with Gasteiger partial charge in [-0.1, -0.05) is 188 Å². The second-order valence-electron chi connectivity index (χ2n) is 22.3. The van der Waals surface area contributed by atoms with E-state index in [0.717, 1.165) is 45.3 Å². The quantitative estimate of drug-likeness (QED) is 0.135. The standard InChI is InChI=1S/C73H60N2/c1-9-47-21-29-55(30-22-47)74(53-17-13-11-14-18-53)57-33-39-63-61-37-27-51(43-67(61)72(5,6)69(63)45-57)49-25-35-59-60-36-26-50(42-66(60)71(3,4)65(59)41-49)52-28-38-62-64-40-34-58(46-70(64)73(7,8)68(62)44-52)75(54-19-15-12-16-20-54)56-31-23-48(10-2)24-32-56/h9-46H,1-2H2,3-8H3. The van der Waals surface area contributed by atoms with Gasteiger partial charge >= 0.3 is 0 Å². The van der Waals surface area contributed by atoms with E-state index in [9.17, 15) is 0 Å². The van der Waals surface area contributed by atoms with Gasteiger partial charge in [0.05, 0.1) is 0 Å². The van der Waals surface area contributed by atoms with Crippen molar-refractivity contribution in [2.24, 2.45) is 0 Å². The fraction of sp³-hybridized carbons (Fsp3) is 0.123. The maximum absolute atomic E-state index is 3.98. The Morgan fingerprint density at radius 1 is 0.267 bits per heavy atom. The van der Waals surface area contributed by atoms with E-state index in [1.54, 1.807) is 0 Å². The van der Waals surface area contributed by atoms with Crippen LogP contribution >= 0.6 is 0 Å². The van der Waals surface area contributed by atoms with Gasteiger partial charge in [0, 0.05) is 50.4 Å². The van der Waals surface area contributed by atoms with E-state index >= 15 is 0 Å². The molecule has 0 unspecified atom stereocenters. The second kappa shape index (κ2) is 17.2. The molecule has 10 aromatic carbocycles. The smallest absolute Gasteiger partial charge is 0.0465 e. The number of hydrogen-bond donors (Lipinski definition) is 0. The third-order valence-corrected chi connectivity index (χ3v) is 17.0. The molecule has 75 heavy (non-hydrogen) atoms. The molecule has 0 N–H and O–H groups in total. The molecule has 0 fully saturated rings. The first-order chi connectivity index (χ1) is 36.3. The molecule has 2 nitrogen and oxygen atoms in total. The molecule has 0 aliphatic heterocycles. The van der Waals surface area contributed by atoms with Crippen molar-refractivity contribution in [3.8, 4) is 55.6 Å². The van der Waals surface area contributed by atoms with Crippen LogP contribution in [0.3, 0.4) is 0 Å². The summed E-state index contributed by atoms with van der Waals surface area (Å²) in [5.41, 5.74) is 29.5. The van der Waals surface area contributed by atoms with Crippen LogP contribution in [0.1, 0.15) is 86.1 Å². The van der Waals surface area contributed by atoms with Gasteiger partial charge in [0.2, 0.25) is 0 Å². The molecular weight excluding hydrogens is 905 g/mol. The zero-order valence-corrected chi connectivity index (χ0v) is 43.7. The molecule has 0 radical (unpaired) electrons. The second-order valence-corrected chi connectivity index (χ2v) is 22.3. The molecule has 362 valence electrons. The monoisotopic (exact) mass is 964 g/mol. The summed E-state index contributed by atoms with van der Waals surface area (Å²) in [4.78, 5) is 4.72. The van der Waals surface area contributed by atoms with Gasteiger partial charge in [-0.3, -0.25) is 0 Å². The van der Waals surface area contributed by atoms with E-state index in [4.69, 9.17) is 0 Å². The van der Waals surface area contributed by atoms with Crippen LogP contribution in [0.25, 0.3) is 67.8 Å². The molecule has 0 bridgehead atoms. The van der Waals surface area contributed by atoms with Gasteiger partial charge in [-0.25, -0.2) is 0 Å². The number of hydrogen-bond acceptors (Lipinski definition) is 2. The maximum Gasteiger partial charge on any atom is 0.0465 e. The first-order valence-electron chi connectivity index (χ1n) is 26.4. The highest BCUT2D eigenvalue weighted by Gasteiger charge is 2.40. The number of nitrogens with zero attached hydrogens (tertiary/aromatic N) is 2. The van der Waals surface area contributed by atoms with Crippen molar-refractivity contribution in [1.29, 1.82) is 0 Å². The van der Waals surface area contributed by atoms with Crippen molar-refractivity contribution in [2.45, 2.75) is 57.8 Å². The topological polar surface area (TPSA) is 6.48 Å². The molecular formula is C73H60N2. The predicted octanol–water partition coefficient (Wildman–Crippen LogP) is 20.2. The Morgan fingerprint density at radius 3 is 0.787 bits per heavy atom. The van der Waals surface area contributed by atoms with Gasteiger partial charge in [-0.15, -0.1) is 0 Å². The van der Waals surface area contributed by atoms with E-state index < -0.39 is 0 Å².